The summed E-state index contributed by atoms with van der Waals surface area (Å²) in [5.41, 5.74) is 3.14. The van der Waals surface area contributed by atoms with Gasteiger partial charge in [-0.3, -0.25) is 0 Å². The van der Waals surface area contributed by atoms with Gasteiger partial charge >= 0.3 is 0 Å². The molecule has 2 aliphatic heterocycles. The molecule has 108 valence electrons. The van der Waals surface area contributed by atoms with Gasteiger partial charge in [0.2, 0.25) is 0 Å². The first kappa shape index (κ1) is 12.8. The van der Waals surface area contributed by atoms with Crippen LogP contribution in [0.15, 0.2) is 24.3 Å². The zero-order valence-electron chi connectivity index (χ0n) is 12.5. The number of hydrogen-bond donors (Lipinski definition) is 1. The highest BCUT2D eigenvalue weighted by Gasteiger charge is 2.37. The molecule has 2 atom stereocenters. The molecule has 0 amide bonds. The molecule has 0 radical (unpaired) electrons. The van der Waals surface area contributed by atoms with E-state index < -0.39 is 0 Å². The molecule has 4 rings (SSSR count). The Hall–Kier alpha value is -0.860. The average molecular weight is 270 g/mol. The van der Waals surface area contributed by atoms with E-state index in [0.717, 1.165) is 18.1 Å². The van der Waals surface area contributed by atoms with Crippen molar-refractivity contribution in [1.29, 1.82) is 0 Å². The summed E-state index contributed by atoms with van der Waals surface area (Å²) in [5, 5.41) is 3.99. The predicted octanol–water partition coefficient (Wildman–Crippen LogP) is 2.76. The first-order valence-corrected chi connectivity index (χ1v) is 8.34. The lowest BCUT2D eigenvalue weighted by Crippen LogP contribution is -2.56. The van der Waals surface area contributed by atoms with Gasteiger partial charge in [-0.05, 0) is 56.7 Å². The summed E-state index contributed by atoms with van der Waals surface area (Å²) in [6.45, 7) is 0. The van der Waals surface area contributed by atoms with E-state index >= 15 is 0 Å². The van der Waals surface area contributed by atoms with Crippen LogP contribution in [0.4, 0.5) is 0 Å². The van der Waals surface area contributed by atoms with E-state index in [9.17, 15) is 0 Å². The van der Waals surface area contributed by atoms with Crippen LogP contribution in [0, 0.1) is 0 Å². The minimum Gasteiger partial charge on any atom is -0.310 e. The van der Waals surface area contributed by atoms with Crippen LogP contribution in [0.5, 0.6) is 0 Å². The van der Waals surface area contributed by atoms with Gasteiger partial charge in [0, 0.05) is 24.2 Å². The number of piperidine rings is 2. The normalized spacial score (nSPS) is 34.1. The molecule has 0 saturated carbocycles. The van der Waals surface area contributed by atoms with Crippen molar-refractivity contribution in [2.24, 2.45) is 0 Å². The second kappa shape index (κ2) is 5.16. The fraction of sp³-hybridized carbons (Fsp3) is 0.667. The molecule has 0 aromatic heterocycles. The number of nitrogens with one attached hydrogen (secondary N) is 1. The molecule has 2 heteroatoms. The number of hydrogen-bond acceptors (Lipinski definition) is 2. The average Bonchev–Trinajstić information content (AvgIpc) is 2.82. The molecule has 1 N–H and O–H groups in total. The van der Waals surface area contributed by atoms with Gasteiger partial charge in [-0.25, -0.2) is 0 Å². The van der Waals surface area contributed by atoms with Gasteiger partial charge in [-0.1, -0.05) is 30.7 Å². The molecular formula is C18H26N2. The van der Waals surface area contributed by atoms with E-state index in [1.165, 1.54) is 44.9 Å². The van der Waals surface area contributed by atoms with Crippen molar-refractivity contribution in [2.75, 3.05) is 7.05 Å². The molecule has 1 aromatic rings. The SMILES string of the molecule is CN1C2CCCC1CC(NC1Cc3ccccc3C1)C2. The predicted molar refractivity (Wildman–Crippen MR) is 83.0 cm³/mol. The van der Waals surface area contributed by atoms with Crippen LogP contribution in [0.25, 0.3) is 0 Å². The summed E-state index contributed by atoms with van der Waals surface area (Å²) in [4.78, 5) is 2.66. The molecular weight excluding hydrogens is 244 g/mol. The molecule has 1 aliphatic carbocycles. The van der Waals surface area contributed by atoms with Crippen molar-refractivity contribution in [3.63, 3.8) is 0 Å². The van der Waals surface area contributed by atoms with Crippen LogP contribution >= 0.6 is 0 Å². The highest BCUT2D eigenvalue weighted by molar-refractivity contribution is 5.33. The molecule has 2 unspecified atom stereocenters. The van der Waals surface area contributed by atoms with Crippen molar-refractivity contribution in [1.82, 2.24) is 10.2 Å². The van der Waals surface area contributed by atoms with E-state index in [0.29, 0.717) is 6.04 Å². The topological polar surface area (TPSA) is 15.3 Å². The molecule has 2 heterocycles. The van der Waals surface area contributed by atoms with Crippen molar-refractivity contribution >= 4 is 0 Å². The summed E-state index contributed by atoms with van der Waals surface area (Å²) in [6, 6.07) is 12.1. The zero-order valence-corrected chi connectivity index (χ0v) is 12.5. The Bertz CT molecular complexity index is 445. The lowest BCUT2D eigenvalue weighted by molar-refractivity contribution is 0.0461. The van der Waals surface area contributed by atoms with Crippen molar-refractivity contribution in [3.05, 3.63) is 35.4 Å². The van der Waals surface area contributed by atoms with Crippen LogP contribution in [-0.2, 0) is 12.8 Å². The number of fused-ring (bicyclic) bond motifs is 3. The number of benzene rings is 1. The van der Waals surface area contributed by atoms with Gasteiger partial charge < -0.3 is 10.2 Å². The van der Waals surface area contributed by atoms with Gasteiger partial charge in [0.25, 0.3) is 0 Å². The van der Waals surface area contributed by atoms with E-state index in [1.807, 2.05) is 0 Å². The zero-order chi connectivity index (χ0) is 13.5. The third-order valence-corrected chi connectivity index (χ3v) is 5.86. The summed E-state index contributed by atoms with van der Waals surface area (Å²) in [6.07, 6.45) is 9.46. The maximum Gasteiger partial charge on any atom is 0.0151 e. The highest BCUT2D eigenvalue weighted by Crippen LogP contribution is 2.33. The quantitative estimate of drug-likeness (QED) is 0.889. The van der Waals surface area contributed by atoms with Gasteiger partial charge in [-0.15, -0.1) is 0 Å². The van der Waals surface area contributed by atoms with E-state index in [4.69, 9.17) is 0 Å². The second-order valence-corrected chi connectivity index (χ2v) is 7.11. The Balaban J connectivity index is 1.39. The molecule has 0 spiro atoms. The van der Waals surface area contributed by atoms with E-state index in [2.05, 4.69) is 41.5 Å². The largest absolute Gasteiger partial charge is 0.310 e. The molecule has 1 aromatic carbocycles. The fourth-order valence-corrected chi connectivity index (χ4v) is 4.76. The number of nitrogens with zero attached hydrogens (tertiary/aromatic N) is 1. The maximum absolute atomic E-state index is 3.99. The summed E-state index contributed by atoms with van der Waals surface area (Å²) in [5.74, 6) is 0. The van der Waals surface area contributed by atoms with Crippen molar-refractivity contribution in [3.8, 4) is 0 Å². The summed E-state index contributed by atoms with van der Waals surface area (Å²) >= 11 is 0. The Morgan fingerprint density at radius 2 is 1.55 bits per heavy atom. The molecule has 2 saturated heterocycles. The molecule has 20 heavy (non-hydrogen) atoms. The first-order chi connectivity index (χ1) is 9.79. The minimum absolute atomic E-state index is 0.682. The maximum atomic E-state index is 3.99. The van der Waals surface area contributed by atoms with Crippen molar-refractivity contribution < 1.29 is 0 Å². The van der Waals surface area contributed by atoms with Gasteiger partial charge in [0.05, 0.1) is 0 Å². The lowest BCUT2D eigenvalue weighted by Gasteiger charge is -2.47. The van der Waals surface area contributed by atoms with Gasteiger partial charge in [-0.2, -0.15) is 0 Å². The third-order valence-electron chi connectivity index (χ3n) is 5.86. The van der Waals surface area contributed by atoms with Crippen LogP contribution < -0.4 is 5.32 Å². The van der Waals surface area contributed by atoms with E-state index in [1.54, 1.807) is 11.1 Å². The smallest absolute Gasteiger partial charge is 0.0151 e. The minimum atomic E-state index is 0.682. The third kappa shape index (κ3) is 2.29. The monoisotopic (exact) mass is 270 g/mol. The highest BCUT2D eigenvalue weighted by atomic mass is 15.2. The van der Waals surface area contributed by atoms with Gasteiger partial charge in [0.15, 0.2) is 0 Å². The molecule has 2 nitrogen and oxygen atoms in total. The molecule has 2 bridgehead atoms. The van der Waals surface area contributed by atoms with Crippen LogP contribution in [0.1, 0.15) is 43.2 Å². The molecule has 2 fully saturated rings. The number of rotatable bonds is 2. The van der Waals surface area contributed by atoms with Crippen LogP contribution in [0.2, 0.25) is 0 Å². The Morgan fingerprint density at radius 1 is 0.950 bits per heavy atom. The van der Waals surface area contributed by atoms with Gasteiger partial charge in [0.1, 0.15) is 0 Å². The van der Waals surface area contributed by atoms with Crippen LogP contribution in [-0.4, -0.2) is 36.1 Å². The summed E-state index contributed by atoms with van der Waals surface area (Å²) in [7, 11) is 2.34. The molecule has 3 aliphatic rings. The fourth-order valence-electron chi connectivity index (χ4n) is 4.76. The second-order valence-electron chi connectivity index (χ2n) is 7.11. The first-order valence-electron chi connectivity index (χ1n) is 8.34. The van der Waals surface area contributed by atoms with Crippen LogP contribution in [0.3, 0.4) is 0 Å². The standard InChI is InChI=1S/C18H26N2/c1-20-17-7-4-8-18(20)12-16(11-17)19-15-9-13-5-2-3-6-14(13)10-15/h2-3,5-6,15-19H,4,7-12H2,1H3. The lowest BCUT2D eigenvalue weighted by atomic mass is 9.82. The Kier molecular flexibility index (Phi) is 3.31. The van der Waals surface area contributed by atoms with Crippen molar-refractivity contribution in [2.45, 2.75) is 69.1 Å². The Labute approximate surface area is 122 Å². The summed E-state index contributed by atoms with van der Waals surface area (Å²) < 4.78 is 0. The van der Waals surface area contributed by atoms with E-state index in [-0.39, 0.29) is 0 Å². The Morgan fingerprint density at radius 3 is 2.15 bits per heavy atom.